The first-order valence-electron chi connectivity index (χ1n) is 9.15. The monoisotopic (exact) mass is 426 g/mol. The molecular formula is C21H19ClN4O4. The number of aryl methyl sites for hydroxylation is 1. The number of aromatic nitrogens is 1. The smallest absolute Gasteiger partial charge is 0.339 e. The van der Waals surface area contributed by atoms with Gasteiger partial charge in [0.15, 0.2) is 0 Å². The quantitative estimate of drug-likeness (QED) is 0.540. The third-order valence-electron chi connectivity index (χ3n) is 4.79. The number of hydrogen-bond donors (Lipinski definition) is 2. The van der Waals surface area contributed by atoms with Gasteiger partial charge in [0, 0.05) is 18.2 Å². The average Bonchev–Trinajstić information content (AvgIpc) is 3.39. The summed E-state index contributed by atoms with van der Waals surface area (Å²) in [4.78, 5) is 41.7. The lowest BCUT2D eigenvalue weighted by molar-refractivity contribution is 0.0601. The maximum atomic E-state index is 12.9. The summed E-state index contributed by atoms with van der Waals surface area (Å²) in [5.74, 6) is -2.17. The Morgan fingerprint density at radius 1 is 1.17 bits per heavy atom. The van der Waals surface area contributed by atoms with Crippen molar-refractivity contribution in [2.24, 2.45) is 11.8 Å². The number of carbonyl (C=O) groups is 3. The zero-order valence-corrected chi connectivity index (χ0v) is 17.1. The van der Waals surface area contributed by atoms with E-state index in [-0.39, 0.29) is 46.3 Å². The third kappa shape index (κ3) is 4.42. The van der Waals surface area contributed by atoms with E-state index < -0.39 is 17.8 Å². The maximum absolute atomic E-state index is 12.9. The van der Waals surface area contributed by atoms with Crippen molar-refractivity contribution in [1.82, 2.24) is 10.3 Å². The van der Waals surface area contributed by atoms with E-state index in [2.05, 4.69) is 21.7 Å². The number of rotatable bonds is 6. The van der Waals surface area contributed by atoms with Crippen molar-refractivity contribution in [2.75, 3.05) is 19.0 Å². The van der Waals surface area contributed by atoms with Crippen molar-refractivity contribution < 1.29 is 19.1 Å². The van der Waals surface area contributed by atoms with E-state index in [1.807, 2.05) is 0 Å². The molecule has 1 aliphatic carbocycles. The number of anilines is 1. The van der Waals surface area contributed by atoms with Crippen molar-refractivity contribution in [3.63, 3.8) is 0 Å². The fourth-order valence-electron chi connectivity index (χ4n) is 3.02. The molecule has 1 aromatic heterocycles. The van der Waals surface area contributed by atoms with Crippen LogP contribution in [0.1, 0.15) is 36.9 Å². The number of carbonyl (C=O) groups excluding carboxylic acids is 3. The number of alkyl halides is 1. The minimum Gasteiger partial charge on any atom is -0.465 e. The SMILES string of the molecule is COC(=O)c1ccccc1NC(=O)c1ccc(C)nc1C(=O)NCC1C(Cl)C1C#N. The molecule has 0 saturated heterocycles. The molecule has 1 heterocycles. The normalized spacial score (nSPS) is 19.3. The number of nitrogens with one attached hydrogen (secondary N) is 2. The number of para-hydroxylation sites is 1. The van der Waals surface area contributed by atoms with E-state index in [9.17, 15) is 14.4 Å². The number of methoxy groups -OCH3 is 1. The molecule has 9 heteroatoms. The van der Waals surface area contributed by atoms with E-state index >= 15 is 0 Å². The molecule has 1 fully saturated rings. The Bertz CT molecular complexity index is 1050. The van der Waals surface area contributed by atoms with Crippen LogP contribution in [0.4, 0.5) is 5.69 Å². The Hall–Kier alpha value is -3.44. The number of esters is 1. The van der Waals surface area contributed by atoms with E-state index in [4.69, 9.17) is 21.6 Å². The summed E-state index contributed by atoms with van der Waals surface area (Å²) in [6.45, 7) is 1.92. The highest BCUT2D eigenvalue weighted by Gasteiger charge is 2.49. The zero-order valence-electron chi connectivity index (χ0n) is 16.3. The summed E-state index contributed by atoms with van der Waals surface area (Å²) in [5, 5.41) is 14.0. The molecule has 1 saturated carbocycles. The van der Waals surface area contributed by atoms with Crippen LogP contribution >= 0.6 is 11.6 Å². The van der Waals surface area contributed by atoms with E-state index in [1.165, 1.54) is 19.2 Å². The van der Waals surface area contributed by atoms with Crippen LogP contribution in [-0.2, 0) is 4.74 Å². The molecule has 0 radical (unpaired) electrons. The van der Waals surface area contributed by atoms with Crippen molar-refractivity contribution in [2.45, 2.75) is 12.3 Å². The van der Waals surface area contributed by atoms with Crippen molar-refractivity contribution in [1.29, 1.82) is 5.26 Å². The molecule has 2 amide bonds. The number of benzene rings is 1. The Labute approximate surface area is 178 Å². The van der Waals surface area contributed by atoms with E-state index in [0.717, 1.165) is 0 Å². The second-order valence-corrected chi connectivity index (χ2v) is 7.32. The summed E-state index contributed by atoms with van der Waals surface area (Å²) in [5.41, 5.74) is 0.990. The Kier molecular flexibility index (Phi) is 6.33. The molecule has 2 aromatic rings. The minimum absolute atomic E-state index is 0.0489. The Morgan fingerprint density at radius 3 is 2.57 bits per heavy atom. The third-order valence-corrected chi connectivity index (χ3v) is 5.39. The number of ether oxygens (including phenoxy) is 1. The zero-order chi connectivity index (χ0) is 21.8. The standard InChI is InChI=1S/C21H19ClN4O4/c1-11-7-8-13(18(25-11)20(28)24-10-15-14(9-23)17(15)22)19(27)26-16-6-4-3-5-12(16)21(29)30-2/h3-8,14-15,17H,10H2,1-2H3,(H,24,28)(H,26,27). The minimum atomic E-state index is -0.599. The van der Waals surface area contributed by atoms with Crippen LogP contribution < -0.4 is 10.6 Å². The second kappa shape index (κ2) is 8.93. The fourth-order valence-corrected chi connectivity index (χ4v) is 3.42. The number of nitrogens with zero attached hydrogens (tertiary/aromatic N) is 2. The van der Waals surface area contributed by atoms with Gasteiger partial charge in [-0.3, -0.25) is 9.59 Å². The fraction of sp³-hybridized carbons (Fsp3) is 0.286. The predicted molar refractivity (Wildman–Crippen MR) is 109 cm³/mol. The second-order valence-electron chi connectivity index (χ2n) is 6.81. The number of pyridine rings is 1. The lowest BCUT2D eigenvalue weighted by Crippen LogP contribution is -2.30. The van der Waals surface area contributed by atoms with Crippen LogP contribution in [0, 0.1) is 30.1 Å². The topological polar surface area (TPSA) is 121 Å². The molecule has 3 rings (SSSR count). The molecule has 2 N–H and O–H groups in total. The molecule has 8 nitrogen and oxygen atoms in total. The van der Waals surface area contributed by atoms with Gasteiger partial charge in [-0.05, 0) is 31.2 Å². The predicted octanol–water partition coefficient (Wildman–Crippen LogP) is 2.54. The number of amides is 2. The lowest BCUT2D eigenvalue weighted by atomic mass is 10.1. The molecule has 3 atom stereocenters. The molecule has 0 spiro atoms. The van der Waals surface area contributed by atoms with Crippen molar-refractivity contribution >= 4 is 35.1 Å². The Balaban J connectivity index is 1.80. The molecule has 1 aliphatic rings. The van der Waals surface area contributed by atoms with E-state index in [1.54, 1.807) is 31.2 Å². The van der Waals surface area contributed by atoms with Crippen LogP contribution in [0.3, 0.4) is 0 Å². The number of halogens is 1. The van der Waals surface area contributed by atoms with Gasteiger partial charge in [-0.2, -0.15) is 5.26 Å². The van der Waals surface area contributed by atoms with Crippen molar-refractivity contribution in [3.8, 4) is 6.07 Å². The van der Waals surface area contributed by atoms with Crippen molar-refractivity contribution in [3.05, 3.63) is 58.9 Å². The summed E-state index contributed by atoms with van der Waals surface area (Å²) < 4.78 is 4.73. The molecule has 154 valence electrons. The molecular weight excluding hydrogens is 408 g/mol. The Morgan fingerprint density at radius 2 is 1.90 bits per heavy atom. The highest BCUT2D eigenvalue weighted by molar-refractivity contribution is 6.23. The summed E-state index contributed by atoms with van der Waals surface area (Å²) in [6, 6.07) is 11.6. The summed E-state index contributed by atoms with van der Waals surface area (Å²) in [6.07, 6.45) is 0. The van der Waals surface area contributed by atoms with Crippen LogP contribution in [0.25, 0.3) is 0 Å². The van der Waals surface area contributed by atoms with Gasteiger partial charge in [-0.15, -0.1) is 11.6 Å². The number of hydrogen-bond acceptors (Lipinski definition) is 6. The van der Waals surface area contributed by atoms with Crippen LogP contribution in [0.5, 0.6) is 0 Å². The van der Waals surface area contributed by atoms with Crippen LogP contribution in [0.15, 0.2) is 36.4 Å². The van der Waals surface area contributed by atoms with Crippen LogP contribution in [-0.4, -0.2) is 41.8 Å². The van der Waals surface area contributed by atoms with Gasteiger partial charge in [-0.1, -0.05) is 12.1 Å². The lowest BCUT2D eigenvalue weighted by Gasteiger charge is -2.12. The van der Waals surface area contributed by atoms with E-state index in [0.29, 0.717) is 5.69 Å². The van der Waals surface area contributed by atoms with Gasteiger partial charge in [0.2, 0.25) is 0 Å². The van der Waals surface area contributed by atoms with Gasteiger partial charge in [0.1, 0.15) is 5.69 Å². The molecule has 30 heavy (non-hydrogen) atoms. The van der Waals surface area contributed by atoms with Gasteiger partial charge < -0.3 is 15.4 Å². The first-order chi connectivity index (χ1) is 14.4. The summed E-state index contributed by atoms with van der Waals surface area (Å²) >= 11 is 6.01. The largest absolute Gasteiger partial charge is 0.465 e. The highest BCUT2D eigenvalue weighted by atomic mass is 35.5. The van der Waals surface area contributed by atoms with Gasteiger partial charge >= 0.3 is 5.97 Å². The summed E-state index contributed by atoms with van der Waals surface area (Å²) in [7, 11) is 1.25. The number of nitriles is 1. The first kappa shape index (κ1) is 21.3. The highest BCUT2D eigenvalue weighted by Crippen LogP contribution is 2.42. The van der Waals surface area contributed by atoms with Gasteiger partial charge in [0.25, 0.3) is 11.8 Å². The van der Waals surface area contributed by atoms with Gasteiger partial charge in [0.05, 0.1) is 41.3 Å². The average molecular weight is 427 g/mol. The first-order valence-corrected chi connectivity index (χ1v) is 9.59. The maximum Gasteiger partial charge on any atom is 0.339 e. The van der Waals surface area contributed by atoms with Gasteiger partial charge in [-0.25, -0.2) is 9.78 Å². The molecule has 0 bridgehead atoms. The molecule has 3 unspecified atom stereocenters. The molecule has 0 aliphatic heterocycles. The molecule has 1 aromatic carbocycles. The van der Waals surface area contributed by atoms with Crippen LogP contribution in [0.2, 0.25) is 0 Å².